The van der Waals surface area contributed by atoms with E-state index in [-0.39, 0.29) is 17.4 Å². The van der Waals surface area contributed by atoms with Crippen LogP contribution in [0.2, 0.25) is 0 Å². The van der Waals surface area contributed by atoms with Crippen molar-refractivity contribution in [3.05, 3.63) is 0 Å². The molecule has 0 aliphatic heterocycles. The Kier molecular flexibility index (Phi) is 5.13. The molecule has 0 aliphatic carbocycles. The van der Waals surface area contributed by atoms with E-state index in [9.17, 15) is 4.79 Å². The highest BCUT2D eigenvalue weighted by molar-refractivity contribution is 5.81. The molecular weight excluding hydrogens is 178 g/mol. The number of hydrogen-bond donors (Lipinski definition) is 0. The number of carbonyl (C=O) groups excluding carboxylic acids is 1. The van der Waals surface area contributed by atoms with Crippen LogP contribution in [0.25, 0.3) is 0 Å². The lowest BCUT2D eigenvalue weighted by molar-refractivity contribution is -0.142. The third-order valence-electron chi connectivity index (χ3n) is 2.18. The van der Waals surface area contributed by atoms with Crippen LogP contribution in [0.3, 0.4) is 0 Å². The zero-order valence-electron chi connectivity index (χ0n) is 10.3. The number of likely N-dealkylation sites (N-methyl/N-ethyl adjacent to an activating group) is 1. The Morgan fingerprint density at radius 1 is 1.43 bits per heavy atom. The highest BCUT2D eigenvalue weighted by Gasteiger charge is 2.28. The molecule has 0 heterocycles. The van der Waals surface area contributed by atoms with Crippen LogP contribution in [0.4, 0.5) is 0 Å². The molecule has 0 saturated carbocycles. The lowest BCUT2D eigenvalue weighted by Gasteiger charge is -2.33. The zero-order valence-corrected chi connectivity index (χ0v) is 10.3. The second-order valence-electron chi connectivity index (χ2n) is 4.65. The summed E-state index contributed by atoms with van der Waals surface area (Å²) in [4.78, 5) is 13.8. The molecule has 0 saturated heterocycles. The van der Waals surface area contributed by atoms with Gasteiger partial charge in [0.05, 0.1) is 12.6 Å². The molecule has 1 amide bonds. The molecule has 1 unspecified atom stereocenters. The first-order chi connectivity index (χ1) is 6.34. The molecule has 14 heavy (non-hydrogen) atoms. The third kappa shape index (κ3) is 3.66. The number of carbonyl (C=O) groups is 1. The van der Waals surface area contributed by atoms with Crippen LogP contribution in [0.15, 0.2) is 0 Å². The van der Waals surface area contributed by atoms with Crippen molar-refractivity contribution in [1.82, 2.24) is 4.90 Å². The van der Waals surface area contributed by atoms with Gasteiger partial charge in [-0.1, -0.05) is 20.8 Å². The second-order valence-corrected chi connectivity index (χ2v) is 4.65. The predicted molar refractivity (Wildman–Crippen MR) is 58.2 cm³/mol. The Labute approximate surface area is 87.4 Å². The minimum atomic E-state index is -0.308. The number of rotatable bonds is 4. The number of ether oxygens (including phenoxy) is 1. The largest absolute Gasteiger partial charge is 0.383 e. The SMILES string of the molecule is CCN(C(=O)C(C)(C)C)C(C)COC. The van der Waals surface area contributed by atoms with E-state index >= 15 is 0 Å². The van der Waals surface area contributed by atoms with Crippen LogP contribution in [0, 0.1) is 5.41 Å². The zero-order chi connectivity index (χ0) is 11.4. The number of hydrogen-bond acceptors (Lipinski definition) is 2. The summed E-state index contributed by atoms with van der Waals surface area (Å²) >= 11 is 0. The summed E-state index contributed by atoms with van der Waals surface area (Å²) in [5.74, 6) is 0.185. The fraction of sp³-hybridized carbons (Fsp3) is 0.909. The number of nitrogens with zero attached hydrogens (tertiary/aromatic N) is 1. The molecule has 3 heteroatoms. The van der Waals surface area contributed by atoms with Gasteiger partial charge in [-0.25, -0.2) is 0 Å². The van der Waals surface area contributed by atoms with Crippen molar-refractivity contribution in [2.45, 2.75) is 40.7 Å². The second kappa shape index (κ2) is 5.35. The number of methoxy groups -OCH3 is 1. The van der Waals surface area contributed by atoms with Crippen LogP contribution in [0.1, 0.15) is 34.6 Å². The molecule has 1 atom stereocenters. The lowest BCUT2D eigenvalue weighted by Crippen LogP contribution is -2.46. The van der Waals surface area contributed by atoms with Crippen molar-refractivity contribution in [2.75, 3.05) is 20.3 Å². The molecule has 0 fully saturated rings. The van der Waals surface area contributed by atoms with Crippen molar-refractivity contribution in [1.29, 1.82) is 0 Å². The van der Waals surface area contributed by atoms with Gasteiger partial charge in [-0.15, -0.1) is 0 Å². The van der Waals surface area contributed by atoms with E-state index in [4.69, 9.17) is 4.74 Å². The first kappa shape index (κ1) is 13.4. The molecule has 0 aromatic carbocycles. The molecular formula is C11H23NO2. The summed E-state index contributed by atoms with van der Waals surface area (Å²) in [6.07, 6.45) is 0. The van der Waals surface area contributed by atoms with E-state index in [1.807, 2.05) is 39.5 Å². The first-order valence-electron chi connectivity index (χ1n) is 5.14. The van der Waals surface area contributed by atoms with Gasteiger partial charge in [-0.2, -0.15) is 0 Å². The molecule has 0 radical (unpaired) electrons. The van der Waals surface area contributed by atoms with Gasteiger partial charge in [0, 0.05) is 19.1 Å². The van der Waals surface area contributed by atoms with E-state index in [1.165, 1.54) is 0 Å². The minimum Gasteiger partial charge on any atom is -0.383 e. The van der Waals surface area contributed by atoms with Gasteiger partial charge in [0.2, 0.25) is 5.91 Å². The van der Waals surface area contributed by atoms with Crippen LogP contribution in [-0.4, -0.2) is 37.1 Å². The fourth-order valence-electron chi connectivity index (χ4n) is 1.42. The van der Waals surface area contributed by atoms with E-state index in [0.717, 1.165) is 6.54 Å². The standard InChI is InChI=1S/C11H23NO2/c1-7-12(9(2)8-14-6)10(13)11(3,4)5/h9H,7-8H2,1-6H3. The molecule has 0 rings (SSSR count). The molecule has 0 N–H and O–H groups in total. The quantitative estimate of drug-likeness (QED) is 0.695. The fourth-order valence-corrected chi connectivity index (χ4v) is 1.42. The summed E-state index contributed by atoms with van der Waals surface area (Å²) < 4.78 is 5.06. The van der Waals surface area contributed by atoms with Gasteiger partial charge in [-0.05, 0) is 13.8 Å². The highest BCUT2D eigenvalue weighted by atomic mass is 16.5. The molecule has 0 spiro atoms. The predicted octanol–water partition coefficient (Wildman–Crippen LogP) is 1.92. The van der Waals surface area contributed by atoms with Crippen molar-refractivity contribution >= 4 is 5.91 Å². The molecule has 0 bridgehead atoms. The number of amides is 1. The summed E-state index contributed by atoms with van der Waals surface area (Å²) in [5, 5.41) is 0. The van der Waals surface area contributed by atoms with Gasteiger partial charge in [0.1, 0.15) is 0 Å². The average molecular weight is 201 g/mol. The maximum Gasteiger partial charge on any atom is 0.228 e. The average Bonchev–Trinajstić information content (AvgIpc) is 2.04. The van der Waals surface area contributed by atoms with Crippen molar-refractivity contribution in [3.8, 4) is 0 Å². The van der Waals surface area contributed by atoms with Gasteiger partial charge in [-0.3, -0.25) is 4.79 Å². The summed E-state index contributed by atoms with van der Waals surface area (Å²) in [5.41, 5.74) is -0.308. The molecule has 0 aromatic rings. The van der Waals surface area contributed by atoms with Gasteiger partial charge < -0.3 is 9.64 Å². The molecule has 0 aliphatic rings. The normalized spacial score (nSPS) is 13.9. The summed E-state index contributed by atoms with van der Waals surface area (Å²) in [7, 11) is 1.66. The third-order valence-corrected chi connectivity index (χ3v) is 2.18. The molecule has 3 nitrogen and oxygen atoms in total. The summed E-state index contributed by atoms with van der Waals surface area (Å²) in [6.45, 7) is 11.2. The molecule has 84 valence electrons. The lowest BCUT2D eigenvalue weighted by atomic mass is 9.94. The Morgan fingerprint density at radius 2 is 1.93 bits per heavy atom. The van der Waals surface area contributed by atoms with Crippen molar-refractivity contribution in [2.24, 2.45) is 5.41 Å². The Balaban J connectivity index is 4.48. The Morgan fingerprint density at radius 3 is 2.21 bits per heavy atom. The van der Waals surface area contributed by atoms with Crippen LogP contribution < -0.4 is 0 Å². The van der Waals surface area contributed by atoms with E-state index in [1.54, 1.807) is 7.11 Å². The van der Waals surface area contributed by atoms with E-state index in [2.05, 4.69) is 0 Å². The topological polar surface area (TPSA) is 29.5 Å². The minimum absolute atomic E-state index is 0.150. The maximum absolute atomic E-state index is 12.0. The smallest absolute Gasteiger partial charge is 0.228 e. The summed E-state index contributed by atoms with van der Waals surface area (Å²) in [6, 6.07) is 0.150. The van der Waals surface area contributed by atoms with Crippen LogP contribution >= 0.6 is 0 Å². The van der Waals surface area contributed by atoms with Gasteiger partial charge in [0.25, 0.3) is 0 Å². The van der Waals surface area contributed by atoms with Crippen LogP contribution in [0.5, 0.6) is 0 Å². The van der Waals surface area contributed by atoms with Crippen molar-refractivity contribution in [3.63, 3.8) is 0 Å². The molecule has 0 aromatic heterocycles. The van der Waals surface area contributed by atoms with Gasteiger partial charge >= 0.3 is 0 Å². The Bertz CT molecular complexity index is 184. The maximum atomic E-state index is 12.0. The monoisotopic (exact) mass is 201 g/mol. The highest BCUT2D eigenvalue weighted by Crippen LogP contribution is 2.18. The van der Waals surface area contributed by atoms with Crippen LogP contribution in [-0.2, 0) is 9.53 Å². The van der Waals surface area contributed by atoms with Gasteiger partial charge in [0.15, 0.2) is 0 Å². The first-order valence-corrected chi connectivity index (χ1v) is 5.14. The van der Waals surface area contributed by atoms with Crippen molar-refractivity contribution < 1.29 is 9.53 Å². The van der Waals surface area contributed by atoms with E-state index in [0.29, 0.717) is 6.61 Å². The Hall–Kier alpha value is -0.570. The van der Waals surface area contributed by atoms with E-state index < -0.39 is 0 Å².